The molecule has 258 valence electrons. The molecule has 0 aliphatic heterocycles. The molecule has 0 aromatic carbocycles. The molecule has 6 N–H and O–H groups in total. The maximum absolute atomic E-state index is 12.2. The highest BCUT2D eigenvalue weighted by Gasteiger charge is 2.16. The summed E-state index contributed by atoms with van der Waals surface area (Å²) in [4.78, 5) is 46.6. The van der Waals surface area contributed by atoms with Crippen molar-refractivity contribution in [3.63, 3.8) is 0 Å². The van der Waals surface area contributed by atoms with E-state index in [1.165, 1.54) is 74.3 Å². The van der Waals surface area contributed by atoms with Crippen molar-refractivity contribution >= 4 is 45.3 Å². The van der Waals surface area contributed by atoms with Crippen molar-refractivity contribution in [1.29, 1.82) is 0 Å². The molecule has 2 unspecified atom stereocenters. The number of hydrogen-bond donors (Lipinski definition) is 4. The molecule has 0 heterocycles. The summed E-state index contributed by atoms with van der Waals surface area (Å²) in [5.74, 6) is 0.418. The number of amides is 2. The van der Waals surface area contributed by atoms with E-state index >= 15 is 0 Å². The number of nitrogens with two attached hydrogens (primary N) is 2. The summed E-state index contributed by atoms with van der Waals surface area (Å²) >= 11 is 0. The monoisotopic (exact) mass is 662 g/mol. The standard InChI is InChI=1S/C32H62N4O6S2/c1-41-29(37)21-17-13-9-5-3-7-11-15-19-23-35-31(39)27(33)25-43-44-26-28(34)32(40)36-24-20-16-12-8-4-6-10-14-18-22-30(38)42-2/h27-28H,3-26,33-34H2,1-2H3,(H,35,39)(H,36,40). The zero-order valence-corrected chi connectivity index (χ0v) is 29.2. The van der Waals surface area contributed by atoms with E-state index in [9.17, 15) is 19.2 Å². The van der Waals surface area contributed by atoms with Crippen LogP contribution < -0.4 is 22.1 Å². The minimum Gasteiger partial charge on any atom is -0.469 e. The highest BCUT2D eigenvalue weighted by molar-refractivity contribution is 8.76. The number of unbranched alkanes of at least 4 members (excludes halogenated alkanes) is 16. The molecule has 0 aliphatic rings. The van der Waals surface area contributed by atoms with E-state index in [-0.39, 0.29) is 23.8 Å². The van der Waals surface area contributed by atoms with Gasteiger partial charge >= 0.3 is 11.9 Å². The van der Waals surface area contributed by atoms with Crippen molar-refractivity contribution in [3.8, 4) is 0 Å². The number of carbonyl (C=O) groups excluding carboxylic acids is 4. The Balaban J connectivity index is 3.54. The van der Waals surface area contributed by atoms with Gasteiger partial charge in [-0.05, 0) is 25.7 Å². The van der Waals surface area contributed by atoms with Crippen molar-refractivity contribution in [2.75, 3.05) is 38.8 Å². The van der Waals surface area contributed by atoms with Crippen LogP contribution in [-0.4, -0.2) is 74.7 Å². The van der Waals surface area contributed by atoms with Gasteiger partial charge in [-0.3, -0.25) is 19.2 Å². The summed E-state index contributed by atoms with van der Waals surface area (Å²) in [6, 6.07) is -1.16. The van der Waals surface area contributed by atoms with Crippen LogP contribution >= 0.6 is 21.6 Å². The van der Waals surface area contributed by atoms with Gasteiger partial charge in [-0.25, -0.2) is 0 Å². The maximum Gasteiger partial charge on any atom is 0.305 e. The molecule has 0 radical (unpaired) electrons. The zero-order chi connectivity index (χ0) is 32.7. The normalized spacial score (nSPS) is 12.4. The number of nitrogens with one attached hydrogen (secondary N) is 2. The minimum atomic E-state index is -0.580. The quantitative estimate of drug-likeness (QED) is 0.0429. The first-order valence-corrected chi connectivity index (χ1v) is 19.2. The summed E-state index contributed by atoms with van der Waals surface area (Å²) in [6.07, 6.45) is 20.9. The highest BCUT2D eigenvalue weighted by Crippen LogP contribution is 2.22. The first-order chi connectivity index (χ1) is 21.3. The molecule has 10 nitrogen and oxygen atoms in total. The number of methoxy groups -OCH3 is 2. The second-order valence-corrected chi connectivity index (χ2v) is 13.9. The van der Waals surface area contributed by atoms with Gasteiger partial charge in [-0.1, -0.05) is 111 Å². The molecule has 0 aromatic rings. The number of rotatable bonds is 31. The third kappa shape index (κ3) is 28.0. The van der Waals surface area contributed by atoms with E-state index in [1.807, 2.05) is 0 Å². The lowest BCUT2D eigenvalue weighted by molar-refractivity contribution is -0.141. The fourth-order valence-corrected chi connectivity index (χ4v) is 6.79. The summed E-state index contributed by atoms with van der Waals surface area (Å²) < 4.78 is 9.29. The van der Waals surface area contributed by atoms with Gasteiger partial charge in [0.25, 0.3) is 0 Å². The number of esters is 2. The van der Waals surface area contributed by atoms with Crippen LogP contribution in [0.25, 0.3) is 0 Å². The van der Waals surface area contributed by atoms with Gasteiger partial charge in [-0.15, -0.1) is 0 Å². The smallest absolute Gasteiger partial charge is 0.305 e. The Morgan fingerprint density at radius 1 is 0.500 bits per heavy atom. The van der Waals surface area contributed by atoms with E-state index in [0.29, 0.717) is 37.4 Å². The third-order valence-corrected chi connectivity index (χ3v) is 9.89. The second-order valence-electron chi connectivity index (χ2n) is 11.4. The van der Waals surface area contributed by atoms with Gasteiger partial charge in [0, 0.05) is 37.4 Å². The van der Waals surface area contributed by atoms with Crippen LogP contribution in [0.5, 0.6) is 0 Å². The van der Waals surface area contributed by atoms with Crippen molar-refractivity contribution in [3.05, 3.63) is 0 Å². The lowest BCUT2D eigenvalue weighted by Crippen LogP contribution is -2.43. The molecular weight excluding hydrogens is 601 g/mol. The number of ether oxygens (including phenoxy) is 2. The fraction of sp³-hybridized carbons (Fsp3) is 0.875. The second kappa shape index (κ2) is 31.5. The van der Waals surface area contributed by atoms with Crippen LogP contribution in [0.1, 0.15) is 128 Å². The Morgan fingerprint density at radius 2 is 0.773 bits per heavy atom. The van der Waals surface area contributed by atoms with Gasteiger partial charge in [0.1, 0.15) is 0 Å². The van der Waals surface area contributed by atoms with Crippen molar-refractivity contribution in [1.82, 2.24) is 10.6 Å². The Bertz CT molecular complexity index is 688. The minimum absolute atomic E-state index is 0.125. The number of carbonyl (C=O) groups is 4. The highest BCUT2D eigenvalue weighted by atomic mass is 33.1. The Kier molecular flexibility index (Phi) is 30.4. The van der Waals surface area contributed by atoms with Crippen molar-refractivity contribution < 1.29 is 28.7 Å². The van der Waals surface area contributed by atoms with E-state index < -0.39 is 12.1 Å². The maximum atomic E-state index is 12.2. The zero-order valence-electron chi connectivity index (χ0n) is 27.5. The predicted molar refractivity (Wildman–Crippen MR) is 183 cm³/mol. The summed E-state index contributed by atoms with van der Waals surface area (Å²) in [5.41, 5.74) is 12.0. The Morgan fingerprint density at radius 3 is 1.07 bits per heavy atom. The Hall–Kier alpha value is -1.50. The van der Waals surface area contributed by atoms with Gasteiger partial charge < -0.3 is 31.6 Å². The van der Waals surface area contributed by atoms with Gasteiger partial charge in [0.05, 0.1) is 26.3 Å². The molecule has 0 rings (SSSR count). The first kappa shape index (κ1) is 42.5. The summed E-state index contributed by atoms with van der Waals surface area (Å²) in [5, 5.41) is 5.84. The van der Waals surface area contributed by atoms with Crippen LogP contribution in [-0.2, 0) is 28.7 Å². The lowest BCUT2D eigenvalue weighted by atomic mass is 10.1. The molecule has 0 bridgehead atoms. The molecule has 0 aromatic heterocycles. The summed E-state index contributed by atoms with van der Waals surface area (Å²) in [6.45, 7) is 1.28. The molecular formula is C32H62N4O6S2. The van der Waals surface area contributed by atoms with E-state index in [1.54, 1.807) is 0 Å². The predicted octanol–water partition coefficient (Wildman–Crippen LogP) is 5.40. The van der Waals surface area contributed by atoms with Gasteiger partial charge in [-0.2, -0.15) is 0 Å². The molecule has 2 amide bonds. The molecule has 0 saturated carbocycles. The van der Waals surface area contributed by atoms with E-state index in [0.717, 1.165) is 77.0 Å². The van der Waals surface area contributed by atoms with Crippen LogP contribution in [0.15, 0.2) is 0 Å². The molecule has 0 aliphatic carbocycles. The van der Waals surface area contributed by atoms with Crippen molar-refractivity contribution in [2.24, 2.45) is 11.5 Å². The molecule has 0 saturated heterocycles. The van der Waals surface area contributed by atoms with Crippen LogP contribution in [0, 0.1) is 0 Å². The summed E-state index contributed by atoms with van der Waals surface area (Å²) in [7, 11) is 5.80. The average molecular weight is 663 g/mol. The van der Waals surface area contributed by atoms with Gasteiger partial charge in [0.2, 0.25) is 11.8 Å². The average Bonchev–Trinajstić information content (AvgIpc) is 3.03. The Labute approximate surface area is 274 Å². The van der Waals surface area contributed by atoms with Crippen LogP contribution in [0.3, 0.4) is 0 Å². The largest absolute Gasteiger partial charge is 0.469 e. The van der Waals surface area contributed by atoms with Crippen molar-refractivity contribution in [2.45, 2.75) is 141 Å². The molecule has 0 fully saturated rings. The molecule has 44 heavy (non-hydrogen) atoms. The third-order valence-electron chi connectivity index (χ3n) is 7.42. The van der Waals surface area contributed by atoms with E-state index in [4.69, 9.17) is 11.5 Å². The molecule has 2 atom stereocenters. The molecule has 0 spiro atoms. The number of hydrogen-bond acceptors (Lipinski definition) is 10. The van der Waals surface area contributed by atoms with E-state index in [2.05, 4.69) is 20.1 Å². The van der Waals surface area contributed by atoms with Crippen LogP contribution in [0.2, 0.25) is 0 Å². The topological polar surface area (TPSA) is 163 Å². The lowest BCUT2D eigenvalue weighted by Gasteiger charge is -2.14. The fourth-order valence-electron chi connectivity index (χ4n) is 4.55. The molecule has 12 heteroatoms. The SMILES string of the molecule is COC(=O)CCCCCCCCCCCNC(=O)C(N)CSSCC(N)C(=O)NCCCCCCCCCCCC(=O)OC. The first-order valence-electron chi connectivity index (χ1n) is 16.8. The van der Waals surface area contributed by atoms with Crippen LogP contribution in [0.4, 0.5) is 0 Å². The van der Waals surface area contributed by atoms with Gasteiger partial charge in [0.15, 0.2) is 0 Å².